The largest absolute Gasteiger partial charge is 0.379 e. The van der Waals surface area contributed by atoms with Crippen LogP contribution < -0.4 is 10.6 Å². The van der Waals surface area contributed by atoms with Crippen molar-refractivity contribution in [3.63, 3.8) is 0 Å². The first-order valence-corrected chi connectivity index (χ1v) is 7.02. The number of hydrogen-bond donors (Lipinski definition) is 2. The van der Waals surface area contributed by atoms with E-state index < -0.39 is 0 Å². The van der Waals surface area contributed by atoms with Crippen molar-refractivity contribution in [3.8, 4) is 0 Å². The average Bonchev–Trinajstić information content (AvgIpc) is 2.46. The molecule has 0 aliphatic carbocycles. The van der Waals surface area contributed by atoms with E-state index >= 15 is 0 Å². The van der Waals surface area contributed by atoms with E-state index in [1.807, 2.05) is 13.0 Å². The molecule has 0 aromatic carbocycles. The number of hydrogen-bond acceptors (Lipinski definition) is 6. The predicted molar refractivity (Wildman–Crippen MR) is 81.2 cm³/mol. The van der Waals surface area contributed by atoms with Crippen molar-refractivity contribution in [2.75, 3.05) is 56.6 Å². The molecule has 2 heterocycles. The number of rotatable bonds is 7. The third kappa shape index (κ3) is 4.79. The van der Waals surface area contributed by atoms with Gasteiger partial charge in [0.2, 0.25) is 5.95 Å². The van der Waals surface area contributed by atoms with E-state index in [0.717, 1.165) is 50.9 Å². The Morgan fingerprint density at radius 2 is 2.15 bits per heavy atom. The van der Waals surface area contributed by atoms with Crippen LogP contribution in [0.25, 0.3) is 0 Å². The maximum atomic E-state index is 5.33. The second-order valence-corrected chi connectivity index (χ2v) is 4.77. The van der Waals surface area contributed by atoms with Crippen molar-refractivity contribution < 1.29 is 4.74 Å². The summed E-state index contributed by atoms with van der Waals surface area (Å²) in [6.07, 6.45) is 1.79. The molecule has 0 radical (unpaired) electrons. The van der Waals surface area contributed by atoms with Crippen LogP contribution in [-0.4, -0.2) is 60.8 Å². The molecule has 0 atom stereocenters. The standard InChI is InChI=1S/C14H23N5O/c1-3-4-16-14-17-12(2)11-13(18-14)15-5-6-19-7-9-20-10-8-19/h3,11H,1,4-10H2,2H3,(H2,15,16,17,18). The predicted octanol–water partition coefficient (Wildman–Crippen LogP) is 1.13. The summed E-state index contributed by atoms with van der Waals surface area (Å²) in [6, 6.07) is 1.96. The van der Waals surface area contributed by atoms with Crippen LogP contribution >= 0.6 is 0 Å². The van der Waals surface area contributed by atoms with Crippen molar-refractivity contribution in [2.45, 2.75) is 6.92 Å². The van der Waals surface area contributed by atoms with Crippen LogP contribution in [0.5, 0.6) is 0 Å². The molecule has 6 heteroatoms. The molecular formula is C14H23N5O. The van der Waals surface area contributed by atoms with E-state index in [0.29, 0.717) is 12.5 Å². The van der Waals surface area contributed by atoms with Crippen molar-refractivity contribution in [2.24, 2.45) is 0 Å². The van der Waals surface area contributed by atoms with Gasteiger partial charge in [0.15, 0.2) is 0 Å². The van der Waals surface area contributed by atoms with Gasteiger partial charge in [-0.15, -0.1) is 6.58 Å². The summed E-state index contributed by atoms with van der Waals surface area (Å²) < 4.78 is 5.33. The number of nitrogens with zero attached hydrogens (tertiary/aromatic N) is 3. The van der Waals surface area contributed by atoms with Crippen LogP contribution in [0.3, 0.4) is 0 Å². The lowest BCUT2D eigenvalue weighted by Crippen LogP contribution is -2.39. The summed E-state index contributed by atoms with van der Waals surface area (Å²) in [5.41, 5.74) is 0.945. The molecule has 1 fully saturated rings. The molecule has 1 aliphatic heterocycles. The van der Waals surface area contributed by atoms with Gasteiger partial charge in [-0.3, -0.25) is 4.90 Å². The molecule has 6 nitrogen and oxygen atoms in total. The first-order valence-electron chi connectivity index (χ1n) is 7.02. The van der Waals surface area contributed by atoms with Crippen LogP contribution in [0.2, 0.25) is 0 Å². The van der Waals surface area contributed by atoms with E-state index in [1.54, 1.807) is 6.08 Å². The molecule has 2 N–H and O–H groups in total. The minimum Gasteiger partial charge on any atom is -0.379 e. The zero-order valence-electron chi connectivity index (χ0n) is 12.1. The van der Waals surface area contributed by atoms with E-state index in [-0.39, 0.29) is 0 Å². The van der Waals surface area contributed by atoms with Crippen LogP contribution in [0.4, 0.5) is 11.8 Å². The van der Waals surface area contributed by atoms with Crippen LogP contribution in [-0.2, 0) is 4.74 Å². The minimum atomic E-state index is 0.638. The van der Waals surface area contributed by atoms with Gasteiger partial charge in [0, 0.05) is 44.5 Å². The Morgan fingerprint density at radius 1 is 1.35 bits per heavy atom. The summed E-state index contributed by atoms with van der Waals surface area (Å²) in [4.78, 5) is 11.2. The summed E-state index contributed by atoms with van der Waals surface area (Å²) in [5.74, 6) is 1.50. The molecule has 110 valence electrons. The summed E-state index contributed by atoms with van der Waals surface area (Å²) in [7, 11) is 0. The van der Waals surface area contributed by atoms with Crippen LogP contribution in [0, 0.1) is 6.92 Å². The lowest BCUT2D eigenvalue weighted by molar-refractivity contribution is 0.0398. The highest BCUT2D eigenvalue weighted by Gasteiger charge is 2.09. The highest BCUT2D eigenvalue weighted by Crippen LogP contribution is 2.09. The first kappa shape index (κ1) is 14.7. The fourth-order valence-corrected chi connectivity index (χ4v) is 2.07. The van der Waals surface area contributed by atoms with Gasteiger partial charge in [-0.05, 0) is 6.92 Å². The van der Waals surface area contributed by atoms with E-state index in [1.165, 1.54) is 0 Å². The molecule has 0 saturated carbocycles. The maximum absolute atomic E-state index is 5.33. The van der Waals surface area contributed by atoms with Crippen LogP contribution in [0.15, 0.2) is 18.7 Å². The number of aromatic nitrogens is 2. The summed E-state index contributed by atoms with van der Waals surface area (Å²) in [5, 5.41) is 6.46. The summed E-state index contributed by atoms with van der Waals surface area (Å²) in [6.45, 7) is 11.9. The highest BCUT2D eigenvalue weighted by molar-refractivity contribution is 5.42. The maximum Gasteiger partial charge on any atom is 0.225 e. The number of ether oxygens (including phenoxy) is 1. The topological polar surface area (TPSA) is 62.3 Å². The van der Waals surface area contributed by atoms with Gasteiger partial charge in [-0.1, -0.05) is 6.08 Å². The Labute approximate surface area is 120 Å². The van der Waals surface area contributed by atoms with Crippen molar-refractivity contribution in [1.29, 1.82) is 0 Å². The molecule has 0 unspecified atom stereocenters. The molecule has 1 aromatic rings. The van der Waals surface area contributed by atoms with Crippen molar-refractivity contribution >= 4 is 11.8 Å². The quantitative estimate of drug-likeness (QED) is 0.729. The molecule has 1 saturated heterocycles. The third-order valence-corrected chi connectivity index (χ3v) is 3.10. The van der Waals surface area contributed by atoms with Crippen molar-refractivity contribution in [3.05, 3.63) is 24.4 Å². The zero-order valence-corrected chi connectivity index (χ0v) is 12.1. The molecule has 20 heavy (non-hydrogen) atoms. The Morgan fingerprint density at radius 3 is 2.90 bits per heavy atom. The van der Waals surface area contributed by atoms with Gasteiger partial charge in [0.25, 0.3) is 0 Å². The molecule has 1 aliphatic rings. The zero-order chi connectivity index (χ0) is 14.2. The fourth-order valence-electron chi connectivity index (χ4n) is 2.07. The van der Waals surface area contributed by atoms with Gasteiger partial charge in [-0.25, -0.2) is 4.98 Å². The number of nitrogens with one attached hydrogen (secondary N) is 2. The summed E-state index contributed by atoms with van der Waals surface area (Å²) >= 11 is 0. The molecular weight excluding hydrogens is 254 g/mol. The molecule has 0 amide bonds. The normalized spacial score (nSPS) is 15.8. The number of aryl methyl sites for hydroxylation is 1. The second kappa shape index (κ2) is 7.81. The van der Waals surface area contributed by atoms with E-state index in [4.69, 9.17) is 4.74 Å². The monoisotopic (exact) mass is 277 g/mol. The number of morpholine rings is 1. The second-order valence-electron chi connectivity index (χ2n) is 4.77. The Kier molecular flexibility index (Phi) is 5.76. The van der Waals surface area contributed by atoms with E-state index in [2.05, 4.69) is 32.1 Å². The van der Waals surface area contributed by atoms with Gasteiger partial charge >= 0.3 is 0 Å². The van der Waals surface area contributed by atoms with Gasteiger partial charge < -0.3 is 15.4 Å². The van der Waals surface area contributed by atoms with Gasteiger partial charge in [0.05, 0.1) is 13.2 Å². The molecule has 2 rings (SSSR count). The fraction of sp³-hybridized carbons (Fsp3) is 0.571. The first-order chi connectivity index (χ1) is 9.78. The van der Waals surface area contributed by atoms with Gasteiger partial charge in [0.1, 0.15) is 5.82 Å². The number of anilines is 2. The Balaban J connectivity index is 1.81. The van der Waals surface area contributed by atoms with Gasteiger partial charge in [-0.2, -0.15) is 4.98 Å². The Bertz CT molecular complexity index is 432. The SMILES string of the molecule is C=CCNc1nc(C)cc(NCCN2CCOCC2)n1. The average molecular weight is 277 g/mol. The van der Waals surface area contributed by atoms with E-state index in [9.17, 15) is 0 Å². The Hall–Kier alpha value is -1.66. The molecule has 0 bridgehead atoms. The lowest BCUT2D eigenvalue weighted by Gasteiger charge is -2.26. The third-order valence-electron chi connectivity index (χ3n) is 3.10. The van der Waals surface area contributed by atoms with Crippen LogP contribution in [0.1, 0.15) is 5.69 Å². The minimum absolute atomic E-state index is 0.638. The highest BCUT2D eigenvalue weighted by atomic mass is 16.5. The smallest absolute Gasteiger partial charge is 0.225 e. The molecule has 0 spiro atoms. The molecule has 1 aromatic heterocycles. The lowest BCUT2D eigenvalue weighted by atomic mass is 10.4. The van der Waals surface area contributed by atoms with Crippen molar-refractivity contribution in [1.82, 2.24) is 14.9 Å².